The van der Waals surface area contributed by atoms with Crippen molar-refractivity contribution in [3.63, 3.8) is 0 Å². The van der Waals surface area contributed by atoms with E-state index >= 15 is 0 Å². The molecular weight excluding hydrogens is 553 g/mol. The summed E-state index contributed by atoms with van der Waals surface area (Å²) in [6, 6.07) is 20.2. The van der Waals surface area contributed by atoms with Gasteiger partial charge in [0.05, 0.1) is 22.7 Å². The number of rotatable bonds is 6. The SMILES string of the molecule is Cc1ccc(-c2c(C)c3c(c(C)c2[C@H](OC(C)(C)C)C(=O)O)N(S(=O)(=O)c2ccc(F)cc2)Cc2ccccc2-3)cc1. The van der Waals surface area contributed by atoms with Crippen molar-refractivity contribution in [2.45, 2.75) is 64.7 Å². The topological polar surface area (TPSA) is 83.9 Å². The standard InChI is InChI=1S/C34H34FNO5S/c1-20-11-13-23(14-12-20)28-21(2)29-27-10-8-7-9-24(27)19-36(42(39,40)26-17-15-25(35)16-18-26)31(29)22(3)30(28)32(33(37)38)41-34(4,5)6/h7-18,32H,19H2,1-6H3,(H,37,38)/t32-/m0/s1. The minimum Gasteiger partial charge on any atom is -0.479 e. The Morgan fingerprint density at radius 2 is 1.52 bits per heavy atom. The third kappa shape index (κ3) is 5.21. The van der Waals surface area contributed by atoms with Gasteiger partial charge in [0.15, 0.2) is 6.10 Å². The molecule has 0 radical (unpaired) electrons. The van der Waals surface area contributed by atoms with Crippen LogP contribution in [-0.4, -0.2) is 25.1 Å². The molecule has 4 aromatic rings. The van der Waals surface area contributed by atoms with Crippen LogP contribution in [0.3, 0.4) is 0 Å². The van der Waals surface area contributed by atoms with Crippen molar-refractivity contribution >= 4 is 21.7 Å². The number of hydrogen-bond donors (Lipinski definition) is 1. The fraction of sp³-hybridized carbons (Fsp3) is 0.265. The zero-order valence-electron chi connectivity index (χ0n) is 24.5. The highest BCUT2D eigenvalue weighted by Gasteiger charge is 2.39. The summed E-state index contributed by atoms with van der Waals surface area (Å²) in [5, 5.41) is 10.5. The van der Waals surface area contributed by atoms with Crippen LogP contribution in [0.1, 0.15) is 54.7 Å². The summed E-state index contributed by atoms with van der Waals surface area (Å²) in [6.45, 7) is 11.0. The van der Waals surface area contributed by atoms with E-state index in [1.807, 2.05) is 62.4 Å². The Kier molecular flexibility index (Phi) is 7.49. The molecule has 1 N–H and O–H groups in total. The van der Waals surface area contributed by atoms with Gasteiger partial charge in [0.1, 0.15) is 5.82 Å². The van der Waals surface area contributed by atoms with E-state index in [0.29, 0.717) is 27.9 Å². The number of carbonyl (C=O) groups is 1. The lowest BCUT2D eigenvalue weighted by atomic mass is 9.80. The van der Waals surface area contributed by atoms with E-state index < -0.39 is 33.5 Å². The second kappa shape index (κ2) is 10.7. The molecule has 1 aliphatic rings. The molecular formula is C34H34FNO5S. The predicted molar refractivity (Wildman–Crippen MR) is 163 cm³/mol. The summed E-state index contributed by atoms with van der Waals surface area (Å²) < 4.78 is 49.7. The summed E-state index contributed by atoms with van der Waals surface area (Å²) in [6.07, 6.45) is -1.38. The van der Waals surface area contributed by atoms with Gasteiger partial charge in [-0.3, -0.25) is 4.31 Å². The van der Waals surface area contributed by atoms with Gasteiger partial charge in [-0.2, -0.15) is 0 Å². The number of hydrogen-bond acceptors (Lipinski definition) is 4. The Hall–Kier alpha value is -4.01. The quantitative estimate of drug-likeness (QED) is 0.250. The first-order valence-electron chi connectivity index (χ1n) is 13.7. The number of fused-ring (bicyclic) bond motifs is 3. The second-order valence-electron chi connectivity index (χ2n) is 11.7. The Morgan fingerprint density at radius 3 is 2.12 bits per heavy atom. The van der Waals surface area contributed by atoms with Crippen LogP contribution in [0.15, 0.2) is 77.7 Å². The van der Waals surface area contributed by atoms with Crippen molar-refractivity contribution in [2.24, 2.45) is 0 Å². The molecule has 8 heteroatoms. The highest BCUT2D eigenvalue weighted by atomic mass is 32.2. The largest absolute Gasteiger partial charge is 0.479 e. The number of aryl methyl sites for hydroxylation is 1. The number of carboxylic acids is 1. The monoisotopic (exact) mass is 587 g/mol. The van der Waals surface area contributed by atoms with Crippen LogP contribution in [0.2, 0.25) is 0 Å². The molecule has 0 aromatic heterocycles. The van der Waals surface area contributed by atoms with E-state index in [-0.39, 0.29) is 11.4 Å². The summed E-state index contributed by atoms with van der Waals surface area (Å²) in [5.41, 5.74) is 6.15. The summed E-state index contributed by atoms with van der Waals surface area (Å²) in [7, 11) is -4.18. The van der Waals surface area contributed by atoms with Gasteiger partial charge >= 0.3 is 5.97 Å². The van der Waals surface area contributed by atoms with Gasteiger partial charge in [-0.25, -0.2) is 17.6 Å². The van der Waals surface area contributed by atoms with Crippen molar-refractivity contribution in [3.8, 4) is 22.3 Å². The van der Waals surface area contributed by atoms with Crippen LogP contribution < -0.4 is 4.31 Å². The van der Waals surface area contributed by atoms with E-state index in [0.717, 1.165) is 39.9 Å². The molecule has 42 heavy (non-hydrogen) atoms. The fourth-order valence-electron chi connectivity index (χ4n) is 5.73. The molecule has 5 rings (SSSR count). The Bertz CT molecular complexity index is 1790. The average Bonchev–Trinajstić information content (AvgIpc) is 2.93. The van der Waals surface area contributed by atoms with Crippen LogP contribution in [0, 0.1) is 26.6 Å². The van der Waals surface area contributed by atoms with Gasteiger partial charge < -0.3 is 9.84 Å². The molecule has 0 spiro atoms. The fourth-order valence-corrected chi connectivity index (χ4v) is 7.24. The number of anilines is 1. The third-order valence-electron chi connectivity index (χ3n) is 7.57. The molecule has 218 valence electrons. The number of ether oxygens (including phenoxy) is 1. The van der Waals surface area contributed by atoms with Gasteiger partial charge in [0.25, 0.3) is 10.0 Å². The molecule has 1 aliphatic heterocycles. The molecule has 0 saturated carbocycles. The first-order chi connectivity index (χ1) is 19.7. The van der Waals surface area contributed by atoms with E-state index in [1.54, 1.807) is 27.7 Å². The van der Waals surface area contributed by atoms with Gasteiger partial charge in [-0.05, 0) is 99.2 Å². The third-order valence-corrected chi connectivity index (χ3v) is 9.33. The minimum absolute atomic E-state index is 0.0321. The molecule has 4 aromatic carbocycles. The lowest BCUT2D eigenvalue weighted by Crippen LogP contribution is -2.35. The molecule has 0 bridgehead atoms. The average molecular weight is 588 g/mol. The number of benzene rings is 4. The van der Waals surface area contributed by atoms with Gasteiger partial charge in [-0.1, -0.05) is 54.1 Å². The lowest BCUT2D eigenvalue weighted by Gasteiger charge is -2.38. The molecule has 6 nitrogen and oxygen atoms in total. The van der Waals surface area contributed by atoms with Crippen molar-refractivity contribution in [2.75, 3.05) is 4.31 Å². The summed E-state index contributed by atoms with van der Waals surface area (Å²) in [5.74, 6) is -1.72. The zero-order valence-corrected chi connectivity index (χ0v) is 25.3. The van der Waals surface area contributed by atoms with E-state index in [4.69, 9.17) is 4.74 Å². The highest BCUT2D eigenvalue weighted by molar-refractivity contribution is 7.92. The Labute approximate surface area is 246 Å². The van der Waals surface area contributed by atoms with Crippen molar-refractivity contribution in [3.05, 3.63) is 106 Å². The van der Waals surface area contributed by atoms with Gasteiger partial charge in [0, 0.05) is 11.1 Å². The summed E-state index contributed by atoms with van der Waals surface area (Å²) >= 11 is 0. The Morgan fingerprint density at radius 1 is 0.905 bits per heavy atom. The zero-order chi connectivity index (χ0) is 30.6. The smallest absolute Gasteiger partial charge is 0.337 e. The van der Waals surface area contributed by atoms with Gasteiger partial charge in [0.2, 0.25) is 0 Å². The normalized spacial score (nSPS) is 13.8. The maximum atomic E-state index is 14.2. The van der Waals surface area contributed by atoms with Gasteiger partial charge in [-0.15, -0.1) is 0 Å². The molecule has 1 atom stereocenters. The van der Waals surface area contributed by atoms with E-state index in [2.05, 4.69) is 0 Å². The van der Waals surface area contributed by atoms with Crippen molar-refractivity contribution < 1.29 is 27.4 Å². The number of sulfonamides is 1. The molecule has 0 aliphatic carbocycles. The number of halogens is 1. The van der Waals surface area contributed by atoms with Crippen LogP contribution >= 0.6 is 0 Å². The predicted octanol–water partition coefficient (Wildman–Crippen LogP) is 7.73. The molecule has 0 unspecified atom stereocenters. The molecule has 1 heterocycles. The molecule has 0 fully saturated rings. The molecule has 0 saturated heterocycles. The highest BCUT2D eigenvalue weighted by Crippen LogP contribution is 2.52. The van der Waals surface area contributed by atoms with Crippen LogP contribution in [0.5, 0.6) is 0 Å². The number of aliphatic carboxylic acids is 1. The maximum Gasteiger partial charge on any atom is 0.337 e. The molecule has 0 amide bonds. The van der Waals surface area contributed by atoms with Crippen LogP contribution in [0.4, 0.5) is 10.1 Å². The van der Waals surface area contributed by atoms with E-state index in [1.165, 1.54) is 16.4 Å². The van der Waals surface area contributed by atoms with Crippen molar-refractivity contribution in [1.29, 1.82) is 0 Å². The van der Waals surface area contributed by atoms with Crippen LogP contribution in [-0.2, 0) is 26.1 Å². The van der Waals surface area contributed by atoms with Crippen LogP contribution in [0.25, 0.3) is 22.3 Å². The number of nitrogens with zero attached hydrogens (tertiary/aromatic N) is 1. The summed E-state index contributed by atoms with van der Waals surface area (Å²) in [4.78, 5) is 12.8. The Balaban J connectivity index is 1.92. The number of carboxylic acid groups (broad SMARTS) is 1. The lowest BCUT2D eigenvalue weighted by molar-refractivity contribution is -0.160. The first kappa shape index (κ1) is 29.5. The van der Waals surface area contributed by atoms with Crippen molar-refractivity contribution in [1.82, 2.24) is 0 Å². The maximum absolute atomic E-state index is 14.2. The second-order valence-corrected chi connectivity index (χ2v) is 13.6. The van der Waals surface area contributed by atoms with E-state index in [9.17, 15) is 22.7 Å². The first-order valence-corrected chi connectivity index (χ1v) is 15.2. The minimum atomic E-state index is -4.18.